The van der Waals surface area contributed by atoms with Gasteiger partial charge in [0.05, 0.1) is 17.4 Å². The van der Waals surface area contributed by atoms with Crippen molar-refractivity contribution in [2.24, 2.45) is 12.8 Å². The van der Waals surface area contributed by atoms with Crippen molar-refractivity contribution in [3.05, 3.63) is 30.1 Å². The molecule has 1 aromatic carbocycles. The van der Waals surface area contributed by atoms with Crippen LogP contribution in [0.5, 0.6) is 0 Å². The van der Waals surface area contributed by atoms with Crippen molar-refractivity contribution in [2.75, 3.05) is 13.6 Å². The number of aliphatic carboxylic acids is 1. The molecule has 0 amide bonds. The van der Waals surface area contributed by atoms with E-state index in [1.54, 1.807) is 6.33 Å². The molecule has 0 spiro atoms. The molecule has 6 heteroatoms. The Morgan fingerprint density at radius 2 is 2.32 bits per heavy atom. The maximum Gasteiger partial charge on any atom is 0.321 e. The van der Waals surface area contributed by atoms with Crippen molar-refractivity contribution in [1.82, 2.24) is 14.5 Å². The van der Waals surface area contributed by atoms with Gasteiger partial charge in [-0.1, -0.05) is 6.07 Å². The quantitative estimate of drug-likeness (QED) is 0.815. The van der Waals surface area contributed by atoms with Crippen LogP contribution in [0.25, 0.3) is 11.0 Å². The van der Waals surface area contributed by atoms with E-state index in [0.29, 0.717) is 13.1 Å². The summed E-state index contributed by atoms with van der Waals surface area (Å²) in [6.45, 7) is 0.961. The summed E-state index contributed by atoms with van der Waals surface area (Å²) in [6.07, 6.45) is 1.78. The van der Waals surface area contributed by atoms with Gasteiger partial charge >= 0.3 is 5.97 Å². The SMILES string of the molecule is CN(Cc1ccc2c(c1)ncn2C)CC(N)C(=O)O. The van der Waals surface area contributed by atoms with E-state index in [2.05, 4.69) is 4.98 Å². The molecule has 0 aliphatic heterocycles. The molecule has 19 heavy (non-hydrogen) atoms. The van der Waals surface area contributed by atoms with E-state index in [1.807, 2.05) is 41.8 Å². The predicted octanol–water partition coefficient (Wildman–Crippen LogP) is 0.417. The van der Waals surface area contributed by atoms with E-state index in [1.165, 1.54) is 0 Å². The highest BCUT2D eigenvalue weighted by Gasteiger charge is 2.14. The molecule has 0 saturated heterocycles. The van der Waals surface area contributed by atoms with Crippen LogP contribution in [0.2, 0.25) is 0 Å². The van der Waals surface area contributed by atoms with Crippen LogP contribution in [-0.4, -0.2) is 45.2 Å². The van der Waals surface area contributed by atoms with E-state index >= 15 is 0 Å². The molecule has 102 valence electrons. The van der Waals surface area contributed by atoms with Gasteiger partial charge in [0, 0.05) is 20.1 Å². The van der Waals surface area contributed by atoms with Crippen LogP contribution in [0.1, 0.15) is 5.56 Å². The fourth-order valence-electron chi connectivity index (χ4n) is 2.07. The minimum Gasteiger partial charge on any atom is -0.480 e. The third kappa shape index (κ3) is 3.10. The summed E-state index contributed by atoms with van der Waals surface area (Å²) in [4.78, 5) is 16.9. The Morgan fingerprint density at radius 1 is 1.58 bits per heavy atom. The third-order valence-electron chi connectivity index (χ3n) is 3.07. The summed E-state index contributed by atoms with van der Waals surface area (Å²) in [6, 6.07) is 5.19. The number of nitrogens with two attached hydrogens (primary N) is 1. The number of carbonyl (C=O) groups is 1. The number of fused-ring (bicyclic) bond motifs is 1. The number of carboxylic acids is 1. The number of rotatable bonds is 5. The number of imidazole rings is 1. The second-order valence-electron chi connectivity index (χ2n) is 4.82. The number of benzene rings is 1. The fraction of sp³-hybridized carbons (Fsp3) is 0.385. The number of carboxylic acid groups (broad SMARTS) is 1. The van der Waals surface area contributed by atoms with Crippen LogP contribution in [0.15, 0.2) is 24.5 Å². The largest absolute Gasteiger partial charge is 0.480 e. The number of nitrogens with zero attached hydrogens (tertiary/aromatic N) is 3. The minimum atomic E-state index is -0.980. The van der Waals surface area contributed by atoms with Gasteiger partial charge in [0.15, 0.2) is 0 Å². The molecule has 1 unspecified atom stereocenters. The van der Waals surface area contributed by atoms with Crippen LogP contribution in [0.4, 0.5) is 0 Å². The minimum absolute atomic E-state index is 0.315. The Kier molecular flexibility index (Phi) is 3.82. The van der Waals surface area contributed by atoms with Gasteiger partial charge in [0.2, 0.25) is 0 Å². The first-order valence-corrected chi connectivity index (χ1v) is 6.04. The zero-order valence-electron chi connectivity index (χ0n) is 11.1. The number of hydrogen-bond acceptors (Lipinski definition) is 4. The maximum absolute atomic E-state index is 10.7. The van der Waals surface area contributed by atoms with Crippen molar-refractivity contribution < 1.29 is 9.90 Å². The summed E-state index contributed by atoms with van der Waals surface area (Å²) in [7, 11) is 3.80. The summed E-state index contributed by atoms with van der Waals surface area (Å²) in [5.41, 5.74) is 8.62. The second-order valence-corrected chi connectivity index (χ2v) is 4.82. The standard InChI is InChI=1S/C13H18N4O2/c1-16(7-10(14)13(18)19)6-9-3-4-12-11(5-9)15-8-17(12)2/h3-5,8,10H,6-7,14H2,1-2H3,(H,18,19). The molecule has 1 heterocycles. The van der Waals surface area contributed by atoms with Crippen LogP contribution < -0.4 is 5.73 Å². The lowest BCUT2D eigenvalue weighted by molar-refractivity contribution is -0.138. The number of hydrogen-bond donors (Lipinski definition) is 2. The molecular weight excluding hydrogens is 244 g/mol. The molecule has 0 aliphatic carbocycles. The molecular formula is C13H18N4O2. The van der Waals surface area contributed by atoms with E-state index < -0.39 is 12.0 Å². The summed E-state index contributed by atoms with van der Waals surface area (Å²) in [5, 5.41) is 8.78. The van der Waals surface area contributed by atoms with Gasteiger partial charge in [-0.25, -0.2) is 4.98 Å². The summed E-state index contributed by atoms with van der Waals surface area (Å²) >= 11 is 0. The van der Waals surface area contributed by atoms with Crippen molar-refractivity contribution in [1.29, 1.82) is 0 Å². The van der Waals surface area contributed by atoms with E-state index in [4.69, 9.17) is 10.8 Å². The summed E-state index contributed by atoms with van der Waals surface area (Å²) < 4.78 is 1.96. The molecule has 2 aromatic rings. The van der Waals surface area contributed by atoms with Gasteiger partial charge in [-0.05, 0) is 24.7 Å². The number of aryl methyl sites for hydroxylation is 1. The maximum atomic E-state index is 10.7. The Balaban J connectivity index is 2.06. The lowest BCUT2D eigenvalue weighted by Gasteiger charge is -2.18. The van der Waals surface area contributed by atoms with E-state index in [0.717, 1.165) is 16.6 Å². The highest BCUT2D eigenvalue weighted by atomic mass is 16.4. The van der Waals surface area contributed by atoms with Crippen LogP contribution in [0, 0.1) is 0 Å². The molecule has 0 radical (unpaired) electrons. The lowest BCUT2D eigenvalue weighted by Crippen LogP contribution is -2.40. The Bertz CT molecular complexity index is 593. The molecule has 1 aromatic heterocycles. The first-order chi connectivity index (χ1) is 8.97. The topological polar surface area (TPSA) is 84.4 Å². The average molecular weight is 262 g/mol. The van der Waals surface area contributed by atoms with Crippen LogP contribution in [0.3, 0.4) is 0 Å². The number of likely N-dealkylation sites (N-methyl/N-ethyl adjacent to an activating group) is 1. The highest BCUT2D eigenvalue weighted by Crippen LogP contribution is 2.14. The fourth-order valence-corrected chi connectivity index (χ4v) is 2.07. The Morgan fingerprint density at radius 3 is 3.00 bits per heavy atom. The van der Waals surface area contributed by atoms with E-state index in [9.17, 15) is 4.79 Å². The molecule has 0 saturated carbocycles. The van der Waals surface area contributed by atoms with Gasteiger partial charge in [0.1, 0.15) is 6.04 Å². The summed E-state index contributed by atoms with van der Waals surface area (Å²) in [5.74, 6) is -0.980. The molecule has 2 rings (SSSR count). The molecule has 3 N–H and O–H groups in total. The van der Waals surface area contributed by atoms with Crippen molar-refractivity contribution >= 4 is 17.0 Å². The van der Waals surface area contributed by atoms with Crippen molar-refractivity contribution in [3.63, 3.8) is 0 Å². The molecule has 6 nitrogen and oxygen atoms in total. The lowest BCUT2D eigenvalue weighted by atomic mass is 10.2. The monoisotopic (exact) mass is 262 g/mol. The van der Waals surface area contributed by atoms with Crippen LogP contribution >= 0.6 is 0 Å². The highest BCUT2D eigenvalue weighted by molar-refractivity contribution is 5.76. The zero-order chi connectivity index (χ0) is 14.0. The average Bonchev–Trinajstić information content (AvgIpc) is 2.70. The van der Waals surface area contributed by atoms with Gasteiger partial charge < -0.3 is 15.4 Å². The Labute approximate surface area is 111 Å². The van der Waals surface area contributed by atoms with Crippen LogP contribution in [-0.2, 0) is 18.4 Å². The molecule has 0 aliphatic rings. The first-order valence-electron chi connectivity index (χ1n) is 6.04. The Hall–Kier alpha value is -1.92. The third-order valence-corrected chi connectivity index (χ3v) is 3.07. The van der Waals surface area contributed by atoms with Crippen molar-refractivity contribution in [2.45, 2.75) is 12.6 Å². The first kappa shape index (κ1) is 13.5. The van der Waals surface area contributed by atoms with Gasteiger partial charge in [-0.15, -0.1) is 0 Å². The molecule has 0 fully saturated rings. The normalized spacial score (nSPS) is 13.1. The van der Waals surface area contributed by atoms with Crippen molar-refractivity contribution in [3.8, 4) is 0 Å². The predicted molar refractivity (Wildman–Crippen MR) is 72.7 cm³/mol. The van der Waals surface area contributed by atoms with Gasteiger partial charge in [-0.3, -0.25) is 9.69 Å². The van der Waals surface area contributed by atoms with Gasteiger partial charge in [-0.2, -0.15) is 0 Å². The molecule has 1 atom stereocenters. The molecule has 0 bridgehead atoms. The smallest absolute Gasteiger partial charge is 0.321 e. The van der Waals surface area contributed by atoms with Gasteiger partial charge in [0.25, 0.3) is 0 Å². The number of aromatic nitrogens is 2. The van der Waals surface area contributed by atoms with E-state index in [-0.39, 0.29) is 0 Å². The zero-order valence-corrected chi connectivity index (χ0v) is 11.1. The second kappa shape index (κ2) is 5.38.